The summed E-state index contributed by atoms with van der Waals surface area (Å²) in [6.45, 7) is 7.34. The Labute approximate surface area is 364 Å². The first-order chi connectivity index (χ1) is 27.9. The van der Waals surface area contributed by atoms with E-state index in [1.807, 2.05) is 24.3 Å². The second-order valence-electron chi connectivity index (χ2n) is 15.8. The number of carbonyl (C=O) groups is 1. The summed E-state index contributed by atoms with van der Waals surface area (Å²) in [6.07, 6.45) is 4.96. The van der Waals surface area contributed by atoms with Crippen molar-refractivity contribution in [2.75, 3.05) is 52.4 Å². The lowest BCUT2D eigenvalue weighted by atomic mass is 9.91. The predicted octanol–water partition coefficient (Wildman–Crippen LogP) is 9.32. The van der Waals surface area contributed by atoms with Crippen LogP contribution in [0, 0.1) is 0 Å². The third kappa shape index (κ3) is 11.4. The highest BCUT2D eigenvalue weighted by atomic mass is 35.5. The van der Waals surface area contributed by atoms with Crippen molar-refractivity contribution in [2.45, 2.75) is 98.3 Å². The van der Waals surface area contributed by atoms with Gasteiger partial charge in [-0.05, 0) is 137 Å². The lowest BCUT2D eigenvalue weighted by Gasteiger charge is -2.40. The number of carbonyl (C=O) groups excluding carboxylic acids is 1. The van der Waals surface area contributed by atoms with Gasteiger partial charge in [0.15, 0.2) is 5.78 Å². The first-order valence-corrected chi connectivity index (χ1v) is 23.1. The molecule has 0 saturated carbocycles. The Morgan fingerprint density at radius 1 is 0.633 bits per heavy atom. The van der Waals surface area contributed by atoms with E-state index in [0.29, 0.717) is 10.1 Å². The van der Waals surface area contributed by atoms with Crippen LogP contribution in [-0.2, 0) is 14.3 Å². The standard InChI is InChI=1S/C41H50F6N6O3S2.2ClH/c42-40(43,44)55-33-13-21-57(27-33)35-11-9-29(23-48-35)37(52-19-5-7-31(52)25-50-15-1-2-16-50)39(54)38(53-20-6-8-32(53)26-51-17-3-4-18-51)30-10-12-36(49-24-30)58-22-14-34(28-58)56-41(45,46)47;;/h9-14,21-24,27-28,31-32,37-38,57-58H,1-8,15-20,25-26H2;2*1H/t31-,32-,37-,38-;;/m0../s1. The molecule has 0 N–H and O–H groups in total. The quantitative estimate of drug-likeness (QED) is 0.143. The predicted molar refractivity (Wildman–Crippen MR) is 227 cm³/mol. The normalized spacial score (nSPS) is 27.4. The van der Waals surface area contributed by atoms with Gasteiger partial charge < -0.3 is 19.3 Å². The largest absolute Gasteiger partial charge is 0.573 e. The van der Waals surface area contributed by atoms with E-state index in [2.05, 4.69) is 29.1 Å². The summed E-state index contributed by atoms with van der Waals surface area (Å²) in [6, 6.07) is 6.48. The molecule has 0 radical (unpaired) electrons. The molecule has 4 saturated heterocycles. The van der Waals surface area contributed by atoms with Crippen LogP contribution in [0.1, 0.15) is 74.6 Å². The molecule has 4 fully saturated rings. The van der Waals surface area contributed by atoms with Gasteiger partial charge in [0.25, 0.3) is 0 Å². The van der Waals surface area contributed by atoms with Crippen LogP contribution in [0.25, 0.3) is 0 Å². The van der Waals surface area contributed by atoms with E-state index in [1.54, 1.807) is 23.2 Å². The second kappa shape index (κ2) is 20.2. The zero-order chi connectivity index (χ0) is 40.4. The van der Waals surface area contributed by atoms with Crippen LogP contribution in [0.15, 0.2) is 92.0 Å². The van der Waals surface area contributed by atoms with Crippen LogP contribution < -0.4 is 0 Å². The third-order valence-corrected chi connectivity index (χ3v) is 15.5. The van der Waals surface area contributed by atoms with Crippen LogP contribution in [0.5, 0.6) is 0 Å². The van der Waals surface area contributed by atoms with Gasteiger partial charge >= 0.3 is 12.7 Å². The number of Topliss-reactive ketones (excluding diaryl/α,β-unsaturated/α-hetero) is 1. The van der Waals surface area contributed by atoms with Gasteiger partial charge in [-0.15, -0.1) is 51.2 Å². The summed E-state index contributed by atoms with van der Waals surface area (Å²) in [7, 11) is -2.54. The Morgan fingerprint density at radius 3 is 1.38 bits per heavy atom. The van der Waals surface area contributed by atoms with Crippen LogP contribution in [0.3, 0.4) is 0 Å². The van der Waals surface area contributed by atoms with E-state index >= 15 is 4.79 Å². The molecule has 0 spiro atoms. The molecular weight excluding hydrogens is 874 g/mol. The molecule has 0 aliphatic carbocycles. The maximum atomic E-state index is 15.8. The molecule has 2 aromatic heterocycles. The highest BCUT2D eigenvalue weighted by Gasteiger charge is 2.45. The Bertz CT molecular complexity index is 1760. The number of ketones is 1. The van der Waals surface area contributed by atoms with E-state index < -0.39 is 46.6 Å². The summed E-state index contributed by atoms with van der Waals surface area (Å²) in [5.74, 6) is -0.496. The van der Waals surface area contributed by atoms with E-state index in [4.69, 9.17) is 9.97 Å². The van der Waals surface area contributed by atoms with Gasteiger partial charge in [-0.25, -0.2) is 0 Å². The summed E-state index contributed by atoms with van der Waals surface area (Å²) in [5.41, 5.74) is 1.48. The fourth-order valence-electron chi connectivity index (χ4n) is 9.35. The minimum absolute atomic E-state index is 0. The van der Waals surface area contributed by atoms with Crippen LogP contribution in [0.4, 0.5) is 26.3 Å². The number of pyridine rings is 2. The van der Waals surface area contributed by atoms with Gasteiger partial charge in [0.2, 0.25) is 0 Å². The van der Waals surface area contributed by atoms with Crippen molar-refractivity contribution in [1.82, 2.24) is 29.6 Å². The maximum Gasteiger partial charge on any atom is 0.573 e. The molecule has 0 amide bonds. The van der Waals surface area contributed by atoms with Crippen molar-refractivity contribution < 1.29 is 40.6 Å². The van der Waals surface area contributed by atoms with Crippen molar-refractivity contribution in [3.63, 3.8) is 0 Å². The SMILES string of the molecule is Cl.Cl.O=C([C@H](c1ccc([SH]2C=CC(OC(F)(F)F)=C2)nc1)N1CCC[C@H]1CN1CCCC1)[C@H](c1ccc([SH]2C=CC(OC(F)(F)F)=C2)nc1)N1CCC[C@H]1CN1CCCC1. The average Bonchev–Trinajstić information content (AvgIpc) is 4.03. The number of allylic oxidation sites excluding steroid dienone is 2. The number of alkyl halides is 6. The molecule has 60 heavy (non-hydrogen) atoms. The fraction of sp³-hybridized carbons (Fsp3) is 0.537. The van der Waals surface area contributed by atoms with Gasteiger partial charge in [-0.3, -0.25) is 24.6 Å². The minimum atomic E-state index is -4.79. The van der Waals surface area contributed by atoms with E-state index in [1.165, 1.54) is 23.0 Å². The van der Waals surface area contributed by atoms with Gasteiger partial charge in [-0.1, -0.05) is 12.1 Å². The van der Waals surface area contributed by atoms with Crippen molar-refractivity contribution in [1.29, 1.82) is 0 Å². The molecule has 19 heteroatoms. The van der Waals surface area contributed by atoms with Crippen molar-refractivity contribution in [3.8, 4) is 0 Å². The maximum absolute atomic E-state index is 15.8. The van der Waals surface area contributed by atoms with Gasteiger partial charge in [0.05, 0.1) is 22.1 Å². The minimum Gasteiger partial charge on any atom is -0.405 e. The van der Waals surface area contributed by atoms with Gasteiger partial charge in [-0.2, -0.15) is 21.8 Å². The van der Waals surface area contributed by atoms with Crippen LogP contribution in [-0.4, -0.2) is 113 Å². The molecule has 8 heterocycles. The van der Waals surface area contributed by atoms with Gasteiger partial charge in [0.1, 0.15) is 11.5 Å². The van der Waals surface area contributed by atoms with Crippen molar-refractivity contribution in [3.05, 3.63) is 93.1 Å². The number of hydrogen-bond donors (Lipinski definition) is 2. The summed E-state index contributed by atoms with van der Waals surface area (Å²) >= 11 is 0. The van der Waals surface area contributed by atoms with E-state index in [0.717, 1.165) is 115 Å². The zero-order valence-electron chi connectivity index (χ0n) is 32.9. The Morgan fingerprint density at radius 2 is 1.03 bits per heavy atom. The number of ether oxygens (including phenoxy) is 2. The highest BCUT2D eigenvalue weighted by molar-refractivity contribution is 8.22. The zero-order valence-corrected chi connectivity index (χ0v) is 36.4. The van der Waals surface area contributed by atoms with Crippen molar-refractivity contribution >= 4 is 52.4 Å². The summed E-state index contributed by atoms with van der Waals surface area (Å²) in [5, 5.41) is 7.47. The topological polar surface area (TPSA) is 74.3 Å². The smallest absolute Gasteiger partial charge is 0.405 e. The molecule has 2 aromatic rings. The summed E-state index contributed by atoms with van der Waals surface area (Å²) in [4.78, 5) is 35.0. The number of likely N-dealkylation sites (tertiary alicyclic amines) is 4. The number of rotatable bonds is 14. The second-order valence-corrected chi connectivity index (χ2v) is 19.5. The number of thiol groups is 2. The molecule has 9 nitrogen and oxygen atoms in total. The Balaban J connectivity index is 0.00000302. The molecule has 6 atom stereocenters. The fourth-order valence-corrected chi connectivity index (χ4v) is 12.4. The number of halogens is 8. The average molecular weight is 926 g/mol. The van der Waals surface area contributed by atoms with Crippen LogP contribution >= 0.6 is 46.6 Å². The molecule has 8 rings (SSSR count). The van der Waals surface area contributed by atoms with Gasteiger partial charge in [0, 0.05) is 48.4 Å². The molecule has 2 unspecified atom stereocenters. The Hall–Kier alpha value is -2.77. The molecular formula is C41H52Cl2F6N6O3S2. The first-order valence-electron chi connectivity index (χ1n) is 20.2. The number of nitrogens with zero attached hydrogens (tertiary/aromatic N) is 6. The number of aromatic nitrogens is 2. The van der Waals surface area contributed by atoms with E-state index in [9.17, 15) is 26.3 Å². The molecule has 332 valence electrons. The lowest BCUT2D eigenvalue weighted by molar-refractivity contribution is -0.304. The summed E-state index contributed by atoms with van der Waals surface area (Å²) < 4.78 is 86.0. The van der Waals surface area contributed by atoms with Crippen LogP contribution in [0.2, 0.25) is 0 Å². The molecule has 6 aliphatic rings. The highest BCUT2D eigenvalue weighted by Crippen LogP contribution is 2.47. The first kappa shape index (κ1) is 46.7. The monoisotopic (exact) mass is 924 g/mol. The van der Waals surface area contributed by atoms with E-state index in [-0.39, 0.29) is 54.2 Å². The lowest BCUT2D eigenvalue weighted by Crippen LogP contribution is -2.49. The molecule has 0 bridgehead atoms. The third-order valence-electron chi connectivity index (χ3n) is 11.9. The Kier molecular flexibility index (Phi) is 15.7. The number of hydrogen-bond acceptors (Lipinski definition) is 9. The molecule has 0 aromatic carbocycles. The molecule has 6 aliphatic heterocycles. The van der Waals surface area contributed by atoms with Crippen molar-refractivity contribution in [2.24, 2.45) is 0 Å².